The Morgan fingerprint density at radius 3 is 2.00 bits per heavy atom. The summed E-state index contributed by atoms with van der Waals surface area (Å²) in [6, 6.07) is 12.3. The van der Waals surface area contributed by atoms with Gasteiger partial charge in [-0.2, -0.15) is 0 Å². The summed E-state index contributed by atoms with van der Waals surface area (Å²) in [5.74, 6) is -9.81. The molecule has 0 spiro atoms. The van der Waals surface area contributed by atoms with Crippen molar-refractivity contribution < 1.29 is 72.1 Å². The number of rotatable bonds is 8. The average molecular weight is 951 g/mol. The quantitative estimate of drug-likeness (QED) is 0.138. The predicted octanol–water partition coefficient (Wildman–Crippen LogP) is 6.60. The second-order valence-electron chi connectivity index (χ2n) is 17.5. The van der Waals surface area contributed by atoms with Crippen LogP contribution in [0, 0.1) is 30.6 Å². The van der Waals surface area contributed by atoms with E-state index in [0.717, 1.165) is 6.26 Å². The van der Waals surface area contributed by atoms with Crippen LogP contribution in [0.4, 0.5) is 5.69 Å². The zero-order valence-corrected chi connectivity index (χ0v) is 40.3. The molecule has 0 radical (unpaired) electrons. The Morgan fingerprint density at radius 2 is 1.41 bits per heavy atom. The summed E-state index contributed by atoms with van der Waals surface area (Å²) in [7, 11) is 4.34. The predicted molar refractivity (Wildman–Crippen MR) is 251 cm³/mol. The maximum Gasteiger partial charge on any atom is 0.343 e. The van der Waals surface area contributed by atoms with Crippen LogP contribution in [-0.2, 0) is 23.8 Å². The van der Waals surface area contributed by atoms with Gasteiger partial charge < -0.3 is 54.0 Å². The van der Waals surface area contributed by atoms with Crippen LogP contribution < -0.4 is 29.6 Å². The minimum Gasteiger partial charge on any atom is -0.497 e. The number of hydrogen-bond donors (Lipinski definition) is 4. The summed E-state index contributed by atoms with van der Waals surface area (Å²) in [6.45, 7) is 12.3. The van der Waals surface area contributed by atoms with Gasteiger partial charge in [-0.3, -0.25) is 24.0 Å². The molecule has 1 aliphatic carbocycles. The third-order valence-electron chi connectivity index (χ3n) is 12.8. The molecule has 17 heteroatoms. The van der Waals surface area contributed by atoms with Gasteiger partial charge in [0.2, 0.25) is 11.6 Å². The molecule has 4 aliphatic rings. The highest BCUT2D eigenvalue weighted by atomic mass is 16.7. The highest BCUT2D eigenvalue weighted by Gasteiger charge is 2.53. The molecular weight excluding hydrogens is 893 g/mol. The van der Waals surface area contributed by atoms with Crippen molar-refractivity contribution in [1.82, 2.24) is 5.32 Å². The number of methoxy groups -OCH3 is 3. The number of carbonyl (C=O) groups excluding carboxylic acids is 6. The van der Waals surface area contributed by atoms with Crippen molar-refractivity contribution in [3.05, 3.63) is 124 Å². The minimum atomic E-state index is -2.20. The average Bonchev–Trinajstić information content (AvgIpc) is 3.60. The van der Waals surface area contributed by atoms with Crippen molar-refractivity contribution in [1.29, 1.82) is 0 Å². The van der Waals surface area contributed by atoms with Crippen molar-refractivity contribution in [2.24, 2.45) is 23.7 Å². The Morgan fingerprint density at radius 1 is 0.783 bits per heavy atom. The van der Waals surface area contributed by atoms with Gasteiger partial charge in [0, 0.05) is 61.5 Å². The molecule has 4 N–H and O–H groups in total. The van der Waals surface area contributed by atoms with Crippen molar-refractivity contribution in [2.45, 2.75) is 85.6 Å². The Labute approximate surface area is 400 Å². The minimum absolute atomic E-state index is 0.0221. The zero-order valence-electron chi connectivity index (χ0n) is 40.3. The molecule has 3 heterocycles. The molecule has 0 saturated heterocycles. The topological polar surface area (TPSA) is 232 Å². The Kier molecular flexibility index (Phi) is 15.7. The van der Waals surface area contributed by atoms with Gasteiger partial charge in [-0.15, -0.1) is 0 Å². The van der Waals surface area contributed by atoms with Gasteiger partial charge in [-0.05, 0) is 68.5 Å². The van der Waals surface area contributed by atoms with E-state index in [-0.39, 0.29) is 28.0 Å². The number of benzene rings is 3. The van der Waals surface area contributed by atoms with Gasteiger partial charge in [0.25, 0.3) is 11.7 Å². The lowest BCUT2D eigenvalue weighted by molar-refractivity contribution is -0.160. The standard InChI is InChI=1S/C52H58N2O15/c1-25-13-12-14-26(2)50(61)54-41-40(53-33-17-21-35(64-10)22-18-33)44(58)37-38(45(41)59)47(68-51(62)32-15-19-34(63-9)20-16-32)30(6)48-39(37)49(60)52(8,69-48)66-24-23-36(65-11)27(3)46(67-31(7)55)29(5)43(57)28(4)42(25)56/h12-25,27-29,36,42-43,46,53,56-57H,1-11H3,(H,54,61)/b13-12+,24-23+,26-14-/t25-,27+,28+,29-,36-,42-,43-,46+,52-/m0/s1. The van der Waals surface area contributed by atoms with E-state index in [4.69, 9.17) is 33.2 Å². The first-order valence-corrected chi connectivity index (χ1v) is 22.3. The van der Waals surface area contributed by atoms with E-state index in [1.807, 2.05) is 0 Å². The van der Waals surface area contributed by atoms with E-state index in [9.17, 15) is 29.4 Å². The molecule has 17 nitrogen and oxygen atoms in total. The molecule has 0 unspecified atom stereocenters. The summed E-state index contributed by atoms with van der Waals surface area (Å²) in [5, 5.41) is 28.6. The van der Waals surface area contributed by atoms with E-state index in [1.54, 1.807) is 58.0 Å². The number of ketones is 3. The summed E-state index contributed by atoms with van der Waals surface area (Å²) >= 11 is 0. The van der Waals surface area contributed by atoms with E-state index in [2.05, 4.69) is 10.6 Å². The number of ether oxygens (including phenoxy) is 7. The molecule has 3 aromatic rings. The van der Waals surface area contributed by atoms with Crippen LogP contribution in [0.3, 0.4) is 0 Å². The number of aliphatic hydroxyl groups excluding tert-OH is 2. The van der Waals surface area contributed by atoms with E-state index in [1.165, 1.54) is 91.5 Å². The number of aliphatic hydroxyl groups is 2. The van der Waals surface area contributed by atoms with Crippen LogP contribution in [0.1, 0.15) is 95.5 Å². The van der Waals surface area contributed by atoms with E-state index in [0.29, 0.717) is 17.2 Å². The summed E-state index contributed by atoms with van der Waals surface area (Å²) in [6.07, 6.45) is 3.09. The Balaban J connectivity index is 1.57. The van der Waals surface area contributed by atoms with Crippen LogP contribution in [0.5, 0.6) is 23.0 Å². The molecule has 9 atom stereocenters. The number of amides is 1. The van der Waals surface area contributed by atoms with Crippen LogP contribution in [0.2, 0.25) is 0 Å². The third-order valence-corrected chi connectivity index (χ3v) is 12.8. The molecule has 5 bridgehead atoms. The fraction of sp³-hybridized carbons (Fsp3) is 0.385. The largest absolute Gasteiger partial charge is 0.497 e. The molecule has 3 aliphatic heterocycles. The number of carbonyl (C=O) groups is 6. The normalized spacial score (nSPS) is 28.0. The van der Waals surface area contributed by atoms with Crippen molar-refractivity contribution in [3.8, 4) is 23.0 Å². The number of Topliss-reactive ketones (excluding diaryl/α,β-unsaturated/α-hetero) is 3. The lowest BCUT2D eigenvalue weighted by Gasteiger charge is -2.38. The second-order valence-corrected chi connectivity index (χ2v) is 17.5. The zero-order chi connectivity index (χ0) is 50.6. The highest BCUT2D eigenvalue weighted by molar-refractivity contribution is 6.33. The van der Waals surface area contributed by atoms with Gasteiger partial charge >= 0.3 is 17.7 Å². The van der Waals surface area contributed by atoms with Crippen LogP contribution in [0.15, 0.2) is 96.1 Å². The maximum atomic E-state index is 15.3. The van der Waals surface area contributed by atoms with E-state index >= 15 is 9.59 Å². The SMILES string of the molecule is COc1ccc(NC2=C3NC(=O)/C(C)=C\C=C\[C@H](C)[C@H](O)[C@@H](C)[C@H](O)[C@H](C)[C@H](OC(C)=O)[C@H](C)[C@@H](OC)/C=C/O[C@@]4(C)Oc5c(C)c(OC(=O)c6ccc(OC)cc6)c(c(c5C4=O)C2=O)C3=O)cc1. The summed E-state index contributed by atoms with van der Waals surface area (Å²) in [5.41, 5.74) is -1.91. The van der Waals surface area contributed by atoms with Gasteiger partial charge in [0.1, 0.15) is 40.5 Å². The van der Waals surface area contributed by atoms with Crippen LogP contribution in [0.25, 0.3) is 0 Å². The van der Waals surface area contributed by atoms with Crippen molar-refractivity contribution in [2.75, 3.05) is 26.6 Å². The lowest BCUT2D eigenvalue weighted by atomic mass is 9.78. The first-order chi connectivity index (χ1) is 32.7. The van der Waals surface area contributed by atoms with Crippen LogP contribution >= 0.6 is 0 Å². The molecular formula is C52H58N2O15. The van der Waals surface area contributed by atoms with Crippen LogP contribution in [-0.4, -0.2) is 96.9 Å². The van der Waals surface area contributed by atoms with Gasteiger partial charge in [-0.1, -0.05) is 45.9 Å². The third kappa shape index (κ3) is 10.4. The molecule has 7 rings (SSSR count). The summed E-state index contributed by atoms with van der Waals surface area (Å²) < 4.78 is 40.4. The molecule has 1 amide bonds. The molecule has 366 valence electrons. The number of fused-ring (bicyclic) bond motifs is 14. The van der Waals surface area contributed by atoms with Gasteiger partial charge in [0.15, 0.2) is 0 Å². The maximum absolute atomic E-state index is 15.3. The summed E-state index contributed by atoms with van der Waals surface area (Å²) in [4.78, 5) is 85.8. The van der Waals surface area contributed by atoms with Gasteiger partial charge in [-0.25, -0.2) is 4.79 Å². The van der Waals surface area contributed by atoms with Crippen molar-refractivity contribution in [3.63, 3.8) is 0 Å². The number of nitrogens with one attached hydrogen (secondary N) is 2. The molecule has 0 aromatic heterocycles. The molecule has 0 fully saturated rings. The Bertz CT molecular complexity index is 2650. The Hall–Kier alpha value is -7.08. The fourth-order valence-electron chi connectivity index (χ4n) is 8.62. The van der Waals surface area contributed by atoms with Gasteiger partial charge in [0.05, 0.1) is 61.0 Å². The smallest absolute Gasteiger partial charge is 0.343 e. The van der Waals surface area contributed by atoms with Crippen molar-refractivity contribution >= 4 is 40.9 Å². The first kappa shape index (κ1) is 51.3. The number of anilines is 1. The number of allylic oxidation sites excluding steroid dienone is 4. The highest BCUT2D eigenvalue weighted by Crippen LogP contribution is 2.49. The molecule has 0 saturated carbocycles. The second kappa shape index (κ2) is 21.1. The molecule has 3 aromatic carbocycles. The number of hydrogen-bond acceptors (Lipinski definition) is 16. The first-order valence-electron chi connectivity index (χ1n) is 22.3. The molecule has 69 heavy (non-hydrogen) atoms. The lowest BCUT2D eigenvalue weighted by Crippen LogP contribution is -2.46. The number of esters is 2. The van der Waals surface area contributed by atoms with E-state index < -0.39 is 117 Å². The monoisotopic (exact) mass is 950 g/mol. The fourth-order valence-corrected chi connectivity index (χ4v) is 8.62.